The van der Waals surface area contributed by atoms with Crippen LogP contribution in [0.25, 0.3) is 0 Å². The molecule has 0 amide bonds. The minimum Gasteiger partial charge on any atom is -0.317 e. The van der Waals surface area contributed by atoms with Gasteiger partial charge >= 0.3 is 0 Å². The average molecular weight is 246 g/mol. The number of hydroxylamine groups is 1. The Balaban J connectivity index is 3.17. The molecule has 2 nitrogen and oxygen atoms in total. The predicted octanol–water partition coefficient (Wildman–Crippen LogP) is 1.53. The highest BCUT2D eigenvalue weighted by atomic mass is 79.9. The van der Waals surface area contributed by atoms with Crippen LogP contribution in [0.15, 0.2) is 0 Å². The molecule has 4 heteroatoms. The summed E-state index contributed by atoms with van der Waals surface area (Å²) in [6.07, 6.45) is 0. The van der Waals surface area contributed by atoms with E-state index < -0.39 is 0 Å². The Morgan fingerprint density at radius 2 is 2.12 bits per heavy atom. The van der Waals surface area contributed by atoms with Gasteiger partial charge in [0.1, 0.15) is 0 Å². The molecule has 49 valence electrons. The quantitative estimate of drug-likeness (QED) is 0.584. The van der Waals surface area contributed by atoms with Crippen molar-refractivity contribution < 1.29 is 5.21 Å². The van der Waals surface area contributed by atoms with Gasteiger partial charge in [0.05, 0.1) is 3.74 Å². The van der Waals surface area contributed by atoms with E-state index in [9.17, 15) is 0 Å². The molecule has 0 unspecified atom stereocenters. The molecular weight excluding hydrogens is 238 g/mol. The highest BCUT2D eigenvalue weighted by Crippen LogP contribution is 2.17. The zero-order chi connectivity index (χ0) is 6.57. The van der Waals surface area contributed by atoms with Crippen molar-refractivity contribution in [3.05, 3.63) is 6.92 Å². The molecule has 0 aliphatic heterocycles. The lowest BCUT2D eigenvalue weighted by Crippen LogP contribution is -2.20. The van der Waals surface area contributed by atoms with Crippen molar-refractivity contribution in [2.75, 3.05) is 6.54 Å². The van der Waals surface area contributed by atoms with Gasteiger partial charge in [-0.25, -0.2) is 5.48 Å². The zero-order valence-electron chi connectivity index (χ0n) is 4.27. The summed E-state index contributed by atoms with van der Waals surface area (Å²) in [5.41, 5.74) is 2.03. The number of nitrogens with one attached hydrogen (secondary N) is 1. The first-order chi connectivity index (χ1) is 3.68. The second kappa shape index (κ2) is 4.73. The van der Waals surface area contributed by atoms with E-state index in [4.69, 9.17) is 5.21 Å². The number of hydrogen-bond donors (Lipinski definition) is 2. The number of hydrogen-bond acceptors (Lipinski definition) is 2. The van der Waals surface area contributed by atoms with Crippen LogP contribution in [0.4, 0.5) is 0 Å². The SMILES string of the molecule is [CH2][C@@H](CNO)C(Br)Br. The Bertz CT molecular complexity index is 60.0. The van der Waals surface area contributed by atoms with E-state index in [0.29, 0.717) is 6.54 Å². The molecule has 0 saturated heterocycles. The van der Waals surface area contributed by atoms with Crippen LogP contribution in [0.5, 0.6) is 0 Å². The third kappa shape index (κ3) is 3.83. The van der Waals surface area contributed by atoms with Crippen LogP contribution in [-0.4, -0.2) is 15.5 Å². The summed E-state index contributed by atoms with van der Waals surface area (Å²) in [5, 5.41) is 8.15. The summed E-state index contributed by atoms with van der Waals surface area (Å²) in [6.45, 7) is 4.20. The van der Waals surface area contributed by atoms with Crippen LogP contribution >= 0.6 is 31.9 Å². The monoisotopic (exact) mass is 244 g/mol. The van der Waals surface area contributed by atoms with Crippen molar-refractivity contribution >= 4 is 31.9 Å². The molecule has 1 atom stereocenters. The van der Waals surface area contributed by atoms with Crippen molar-refractivity contribution in [2.45, 2.75) is 3.74 Å². The largest absolute Gasteiger partial charge is 0.317 e. The molecule has 0 spiro atoms. The van der Waals surface area contributed by atoms with E-state index in [1.165, 1.54) is 0 Å². The van der Waals surface area contributed by atoms with Crippen molar-refractivity contribution in [2.24, 2.45) is 5.92 Å². The Morgan fingerprint density at radius 1 is 1.62 bits per heavy atom. The van der Waals surface area contributed by atoms with Crippen molar-refractivity contribution in [1.82, 2.24) is 5.48 Å². The molecule has 2 N–H and O–H groups in total. The van der Waals surface area contributed by atoms with Crippen LogP contribution in [0.2, 0.25) is 0 Å². The second-order valence-electron chi connectivity index (χ2n) is 1.46. The Morgan fingerprint density at radius 3 is 2.25 bits per heavy atom. The van der Waals surface area contributed by atoms with Crippen molar-refractivity contribution in [3.63, 3.8) is 0 Å². The van der Waals surface area contributed by atoms with Gasteiger partial charge in [0.15, 0.2) is 0 Å². The minimum atomic E-state index is 0.139. The van der Waals surface area contributed by atoms with Crippen LogP contribution < -0.4 is 5.48 Å². The van der Waals surface area contributed by atoms with Gasteiger partial charge in [0.2, 0.25) is 0 Å². The molecular formula is C4H8Br2NO. The molecule has 1 radical (unpaired) electrons. The van der Waals surface area contributed by atoms with E-state index in [-0.39, 0.29) is 9.65 Å². The molecule has 8 heavy (non-hydrogen) atoms. The third-order valence-corrected chi connectivity index (χ3v) is 2.21. The molecule has 0 aromatic rings. The first kappa shape index (κ1) is 8.88. The maximum atomic E-state index is 8.15. The van der Waals surface area contributed by atoms with Gasteiger partial charge in [-0.3, -0.25) is 0 Å². The van der Waals surface area contributed by atoms with Crippen LogP contribution in [0.3, 0.4) is 0 Å². The molecule has 0 aliphatic rings. The Labute approximate surface area is 65.9 Å². The zero-order valence-corrected chi connectivity index (χ0v) is 7.44. The fourth-order valence-corrected chi connectivity index (χ4v) is 0.580. The lowest BCUT2D eigenvalue weighted by Gasteiger charge is -2.09. The molecule has 0 bridgehead atoms. The van der Waals surface area contributed by atoms with Gasteiger partial charge in [-0.05, 0) is 12.8 Å². The summed E-state index contributed by atoms with van der Waals surface area (Å²) in [4.78, 5) is 0. The van der Waals surface area contributed by atoms with E-state index in [1.54, 1.807) is 0 Å². The first-order valence-electron chi connectivity index (χ1n) is 2.16. The molecule has 0 aliphatic carbocycles. The first-order valence-corrected chi connectivity index (χ1v) is 3.99. The highest BCUT2D eigenvalue weighted by Gasteiger charge is 2.07. The molecule has 0 fully saturated rings. The van der Waals surface area contributed by atoms with Gasteiger partial charge in [-0.15, -0.1) is 0 Å². The fraction of sp³-hybridized carbons (Fsp3) is 0.750. The average Bonchev–Trinajstić information content (AvgIpc) is 1.67. The number of alkyl halides is 2. The highest BCUT2D eigenvalue weighted by molar-refractivity contribution is 9.24. The topological polar surface area (TPSA) is 32.3 Å². The van der Waals surface area contributed by atoms with Crippen molar-refractivity contribution in [1.29, 1.82) is 0 Å². The van der Waals surface area contributed by atoms with Gasteiger partial charge in [-0.2, -0.15) is 0 Å². The summed E-state index contributed by atoms with van der Waals surface area (Å²) in [7, 11) is 0. The lowest BCUT2D eigenvalue weighted by molar-refractivity contribution is 0.158. The van der Waals surface area contributed by atoms with E-state index in [1.807, 2.05) is 5.48 Å². The van der Waals surface area contributed by atoms with Gasteiger partial charge in [-0.1, -0.05) is 31.9 Å². The molecule has 0 rings (SSSR count). The fourth-order valence-electron chi connectivity index (χ4n) is 0.206. The molecule has 0 heterocycles. The standard InChI is InChI=1S/C4H8Br2NO/c1-3(2-7-8)4(5)6/h3-4,7-8H,1-2H2/t3-/m0/s1. The van der Waals surface area contributed by atoms with E-state index >= 15 is 0 Å². The Kier molecular flexibility index (Phi) is 5.25. The van der Waals surface area contributed by atoms with Gasteiger partial charge in [0.25, 0.3) is 0 Å². The van der Waals surface area contributed by atoms with Crippen LogP contribution in [0.1, 0.15) is 0 Å². The maximum Gasteiger partial charge on any atom is 0.0738 e. The summed E-state index contributed by atoms with van der Waals surface area (Å²) in [5.74, 6) is 0.139. The summed E-state index contributed by atoms with van der Waals surface area (Å²) in [6, 6.07) is 0. The second-order valence-corrected chi connectivity index (χ2v) is 4.66. The van der Waals surface area contributed by atoms with E-state index in [0.717, 1.165) is 0 Å². The smallest absolute Gasteiger partial charge is 0.0738 e. The van der Waals surface area contributed by atoms with Gasteiger partial charge in [0, 0.05) is 6.54 Å². The van der Waals surface area contributed by atoms with Crippen LogP contribution in [-0.2, 0) is 0 Å². The van der Waals surface area contributed by atoms with E-state index in [2.05, 4.69) is 38.8 Å². The van der Waals surface area contributed by atoms with Crippen LogP contribution in [0, 0.1) is 12.8 Å². The predicted molar refractivity (Wildman–Crippen MR) is 40.3 cm³/mol. The maximum absolute atomic E-state index is 8.15. The summed E-state index contributed by atoms with van der Waals surface area (Å²) >= 11 is 6.49. The lowest BCUT2D eigenvalue weighted by atomic mass is 10.2. The molecule has 0 aromatic heterocycles. The minimum absolute atomic E-state index is 0.139. The number of halogens is 2. The van der Waals surface area contributed by atoms with Crippen molar-refractivity contribution in [3.8, 4) is 0 Å². The number of rotatable bonds is 3. The molecule has 0 saturated carbocycles. The Hall–Kier alpha value is 0.880. The summed E-state index contributed by atoms with van der Waals surface area (Å²) < 4.78 is 0.162. The molecule has 0 aromatic carbocycles. The third-order valence-electron chi connectivity index (χ3n) is 0.710. The normalized spacial score (nSPS) is 14.6. The van der Waals surface area contributed by atoms with Gasteiger partial charge < -0.3 is 5.21 Å².